The van der Waals surface area contributed by atoms with Crippen molar-refractivity contribution in [3.63, 3.8) is 0 Å². The number of β-amino-alcohol motifs (C(OH)–C–C–N with tert-alkyl or cyclic N) is 1. The van der Waals surface area contributed by atoms with Gasteiger partial charge in [0, 0.05) is 37.7 Å². The molecule has 1 aromatic rings. The first-order valence-corrected chi connectivity index (χ1v) is 8.30. The van der Waals surface area contributed by atoms with E-state index in [1.807, 2.05) is 24.3 Å². The van der Waals surface area contributed by atoms with Crippen molar-refractivity contribution in [2.45, 2.75) is 26.4 Å². The van der Waals surface area contributed by atoms with Crippen LogP contribution in [0.1, 0.15) is 31.9 Å². The fourth-order valence-electron chi connectivity index (χ4n) is 2.70. The Morgan fingerprint density at radius 1 is 1.14 bits per heavy atom. The molecule has 1 unspecified atom stereocenters. The summed E-state index contributed by atoms with van der Waals surface area (Å²) in [5.74, 6) is 0.771. The standard InChI is InChI=1S/C17H27ClN2O/c1-14(2)6-7-19-8-10-20(11-9-19)13-17(21)15-4-3-5-16(18)12-15/h3-5,12,14,17,21H,6-11,13H2,1-2H3. The average Bonchev–Trinajstić information content (AvgIpc) is 2.46. The second-order valence-corrected chi connectivity index (χ2v) is 6.83. The highest BCUT2D eigenvalue weighted by atomic mass is 35.5. The molecule has 118 valence electrons. The third kappa shape index (κ3) is 5.59. The number of nitrogens with zero attached hydrogens (tertiary/aromatic N) is 2. The molecule has 0 bridgehead atoms. The van der Waals surface area contributed by atoms with Gasteiger partial charge in [-0.15, -0.1) is 0 Å². The first-order valence-electron chi connectivity index (χ1n) is 7.93. The van der Waals surface area contributed by atoms with E-state index in [4.69, 9.17) is 11.6 Å². The van der Waals surface area contributed by atoms with Gasteiger partial charge in [-0.3, -0.25) is 4.90 Å². The summed E-state index contributed by atoms with van der Waals surface area (Å²) in [5.41, 5.74) is 0.907. The summed E-state index contributed by atoms with van der Waals surface area (Å²) >= 11 is 5.98. The van der Waals surface area contributed by atoms with Crippen molar-refractivity contribution < 1.29 is 5.11 Å². The van der Waals surface area contributed by atoms with Crippen LogP contribution in [0, 0.1) is 5.92 Å². The highest BCUT2D eigenvalue weighted by molar-refractivity contribution is 6.30. The van der Waals surface area contributed by atoms with Gasteiger partial charge in [-0.2, -0.15) is 0 Å². The van der Waals surface area contributed by atoms with E-state index < -0.39 is 6.10 Å². The Bertz CT molecular complexity index is 431. The van der Waals surface area contributed by atoms with Crippen molar-refractivity contribution in [2.24, 2.45) is 5.92 Å². The van der Waals surface area contributed by atoms with Crippen molar-refractivity contribution in [3.05, 3.63) is 34.9 Å². The number of hydrogen-bond donors (Lipinski definition) is 1. The van der Waals surface area contributed by atoms with Crippen LogP contribution in [0.3, 0.4) is 0 Å². The number of rotatable bonds is 6. The Labute approximate surface area is 133 Å². The summed E-state index contributed by atoms with van der Waals surface area (Å²) in [7, 11) is 0. The van der Waals surface area contributed by atoms with E-state index in [2.05, 4.69) is 23.6 Å². The molecule has 0 aromatic heterocycles. The maximum atomic E-state index is 10.3. The van der Waals surface area contributed by atoms with Crippen LogP contribution in [0.15, 0.2) is 24.3 Å². The third-order valence-corrected chi connectivity index (χ3v) is 4.39. The number of hydrogen-bond acceptors (Lipinski definition) is 3. The molecule has 21 heavy (non-hydrogen) atoms. The molecule has 1 heterocycles. The van der Waals surface area contributed by atoms with Gasteiger partial charge in [-0.25, -0.2) is 0 Å². The molecule has 1 aliphatic rings. The minimum atomic E-state index is -0.453. The lowest BCUT2D eigenvalue weighted by Gasteiger charge is -2.36. The number of benzene rings is 1. The highest BCUT2D eigenvalue weighted by Gasteiger charge is 2.19. The molecule has 0 amide bonds. The molecule has 1 aliphatic heterocycles. The molecule has 1 fully saturated rings. The second kappa shape index (κ2) is 8.14. The molecule has 0 spiro atoms. The van der Waals surface area contributed by atoms with Crippen molar-refractivity contribution in [3.8, 4) is 0 Å². The molecule has 1 saturated heterocycles. The summed E-state index contributed by atoms with van der Waals surface area (Å²) in [4.78, 5) is 4.87. The van der Waals surface area contributed by atoms with E-state index >= 15 is 0 Å². The molecule has 0 saturated carbocycles. The Kier molecular flexibility index (Phi) is 6.49. The maximum absolute atomic E-state index is 10.3. The molecular formula is C17H27ClN2O. The third-order valence-electron chi connectivity index (χ3n) is 4.15. The molecule has 1 aromatic carbocycles. The lowest BCUT2D eigenvalue weighted by Crippen LogP contribution is -2.47. The molecule has 3 nitrogen and oxygen atoms in total. The van der Waals surface area contributed by atoms with Crippen LogP contribution in [0.25, 0.3) is 0 Å². The van der Waals surface area contributed by atoms with E-state index in [0.717, 1.165) is 37.7 Å². The smallest absolute Gasteiger partial charge is 0.0917 e. The Balaban J connectivity index is 1.75. The number of piperazine rings is 1. The predicted molar refractivity (Wildman–Crippen MR) is 88.7 cm³/mol. The van der Waals surface area contributed by atoms with Gasteiger partial charge in [0.15, 0.2) is 0 Å². The first kappa shape index (κ1) is 16.8. The average molecular weight is 311 g/mol. The SMILES string of the molecule is CC(C)CCN1CCN(CC(O)c2cccc(Cl)c2)CC1. The van der Waals surface area contributed by atoms with E-state index in [0.29, 0.717) is 11.6 Å². The molecule has 1 atom stereocenters. The summed E-state index contributed by atoms with van der Waals surface area (Å²) in [6.45, 7) is 10.7. The quantitative estimate of drug-likeness (QED) is 0.875. The molecule has 1 N–H and O–H groups in total. The zero-order chi connectivity index (χ0) is 15.2. The first-order chi connectivity index (χ1) is 10.0. The van der Waals surface area contributed by atoms with Crippen LogP contribution in [0.2, 0.25) is 5.02 Å². The van der Waals surface area contributed by atoms with E-state index in [9.17, 15) is 5.11 Å². The van der Waals surface area contributed by atoms with Crippen LogP contribution < -0.4 is 0 Å². The largest absolute Gasteiger partial charge is 0.387 e. The Morgan fingerprint density at radius 3 is 2.43 bits per heavy atom. The minimum Gasteiger partial charge on any atom is -0.387 e. The van der Waals surface area contributed by atoms with Gasteiger partial charge in [-0.05, 0) is 36.6 Å². The van der Waals surface area contributed by atoms with Crippen LogP contribution >= 0.6 is 11.6 Å². The van der Waals surface area contributed by atoms with Crippen LogP contribution in [-0.4, -0.2) is 54.2 Å². The Morgan fingerprint density at radius 2 is 1.81 bits per heavy atom. The predicted octanol–water partition coefficient (Wildman–Crippen LogP) is 3.04. The summed E-state index contributed by atoms with van der Waals surface area (Å²) < 4.78 is 0. The van der Waals surface area contributed by atoms with Gasteiger partial charge < -0.3 is 10.0 Å². The van der Waals surface area contributed by atoms with Gasteiger partial charge in [-0.1, -0.05) is 37.6 Å². The van der Waals surface area contributed by atoms with E-state index in [1.54, 1.807) is 0 Å². The van der Waals surface area contributed by atoms with Crippen molar-refractivity contribution in [1.29, 1.82) is 0 Å². The van der Waals surface area contributed by atoms with E-state index in [1.165, 1.54) is 13.0 Å². The number of halogens is 1. The fraction of sp³-hybridized carbons (Fsp3) is 0.647. The lowest BCUT2D eigenvalue weighted by molar-refractivity contribution is 0.0711. The van der Waals surface area contributed by atoms with Crippen molar-refractivity contribution in [1.82, 2.24) is 9.80 Å². The van der Waals surface area contributed by atoms with Gasteiger partial charge in [0.1, 0.15) is 0 Å². The number of aliphatic hydroxyl groups is 1. The summed E-state index contributed by atoms with van der Waals surface area (Å²) in [5, 5.41) is 11.0. The normalized spacial score (nSPS) is 19.1. The Hall–Kier alpha value is -0.610. The maximum Gasteiger partial charge on any atom is 0.0917 e. The fourth-order valence-corrected chi connectivity index (χ4v) is 2.90. The van der Waals surface area contributed by atoms with Gasteiger partial charge in [0.25, 0.3) is 0 Å². The molecular weight excluding hydrogens is 284 g/mol. The van der Waals surface area contributed by atoms with Crippen molar-refractivity contribution in [2.75, 3.05) is 39.3 Å². The number of aliphatic hydroxyl groups excluding tert-OH is 1. The minimum absolute atomic E-state index is 0.453. The molecule has 2 rings (SSSR count). The van der Waals surface area contributed by atoms with Gasteiger partial charge in [0.2, 0.25) is 0 Å². The molecule has 0 aliphatic carbocycles. The van der Waals surface area contributed by atoms with Crippen LogP contribution in [0.5, 0.6) is 0 Å². The van der Waals surface area contributed by atoms with Gasteiger partial charge in [0.05, 0.1) is 6.10 Å². The zero-order valence-corrected chi connectivity index (χ0v) is 13.9. The second-order valence-electron chi connectivity index (χ2n) is 6.40. The summed E-state index contributed by atoms with van der Waals surface area (Å²) in [6.07, 6.45) is 0.816. The van der Waals surface area contributed by atoms with Crippen LogP contribution in [-0.2, 0) is 0 Å². The highest BCUT2D eigenvalue weighted by Crippen LogP contribution is 2.19. The molecule has 4 heteroatoms. The molecule has 0 radical (unpaired) electrons. The van der Waals surface area contributed by atoms with Gasteiger partial charge >= 0.3 is 0 Å². The zero-order valence-electron chi connectivity index (χ0n) is 13.1. The summed E-state index contributed by atoms with van der Waals surface area (Å²) in [6, 6.07) is 7.52. The van der Waals surface area contributed by atoms with Crippen molar-refractivity contribution >= 4 is 11.6 Å². The topological polar surface area (TPSA) is 26.7 Å². The lowest BCUT2D eigenvalue weighted by atomic mass is 10.1. The van der Waals surface area contributed by atoms with Crippen LogP contribution in [0.4, 0.5) is 0 Å². The monoisotopic (exact) mass is 310 g/mol. The van der Waals surface area contributed by atoms with E-state index in [-0.39, 0.29) is 0 Å².